The molecule has 0 heterocycles. The Hall–Kier alpha value is -1.74. The van der Waals surface area contributed by atoms with E-state index in [4.69, 9.17) is 0 Å². The van der Waals surface area contributed by atoms with E-state index in [1.807, 2.05) is 0 Å². The Morgan fingerprint density at radius 3 is 1.05 bits per heavy atom. The average molecular weight is 451 g/mol. The molecule has 19 heavy (non-hydrogen) atoms. The van der Waals surface area contributed by atoms with Gasteiger partial charge in [0.25, 0.3) is 0 Å². The zero-order chi connectivity index (χ0) is 13.4. The molecule has 4 nitrogen and oxygen atoms in total. The molecule has 0 aliphatic rings. The topological polar surface area (TPSA) is 80.3 Å². The summed E-state index contributed by atoms with van der Waals surface area (Å²) in [5.41, 5.74) is 0.440. The van der Waals surface area contributed by atoms with E-state index in [1.54, 1.807) is 36.4 Å². The van der Waals surface area contributed by atoms with Crippen LogP contribution in [0.25, 0.3) is 0 Å². The summed E-state index contributed by atoms with van der Waals surface area (Å²) >= 11 is 0. The second kappa shape index (κ2) is 9.23. The van der Waals surface area contributed by atoms with E-state index in [0.29, 0.717) is 0 Å². The van der Waals surface area contributed by atoms with E-state index in [2.05, 4.69) is 0 Å². The SMILES string of the molecule is O=C([O-])c1ccccc1.O=C([O-])c1ccccc1.[Bi+2]. The van der Waals surface area contributed by atoms with Crippen molar-refractivity contribution in [3.63, 3.8) is 0 Å². The standard InChI is InChI=1S/2C7H6O2.Bi/c2*8-7(9)6-4-2-1-3-5-6;/h2*1-5H,(H,8,9);/q;;+2/p-2. The smallest absolute Gasteiger partial charge is 0.545 e. The molecule has 0 saturated heterocycles. The van der Waals surface area contributed by atoms with Crippen molar-refractivity contribution in [2.75, 3.05) is 0 Å². The van der Waals surface area contributed by atoms with E-state index in [0.717, 1.165) is 0 Å². The average Bonchev–Trinajstić information content (AvgIpc) is 2.41. The van der Waals surface area contributed by atoms with Crippen molar-refractivity contribution in [3.05, 3.63) is 71.8 Å². The first-order chi connectivity index (χ1) is 8.61. The second-order valence-corrected chi connectivity index (χ2v) is 3.31. The number of carbonyl (C=O) groups excluding carboxylic acids is 2. The number of hydrogen-bond acceptors (Lipinski definition) is 4. The van der Waals surface area contributed by atoms with Crippen LogP contribution in [0.5, 0.6) is 0 Å². The molecule has 0 aromatic heterocycles. The van der Waals surface area contributed by atoms with Gasteiger partial charge in [0, 0.05) is 0 Å². The van der Waals surface area contributed by atoms with Crippen molar-refractivity contribution >= 4 is 38.1 Å². The number of carboxylic acids is 2. The van der Waals surface area contributed by atoms with Crippen LogP contribution in [0.1, 0.15) is 20.7 Å². The fraction of sp³-hybridized carbons (Fsp3) is 0. The summed E-state index contributed by atoms with van der Waals surface area (Å²) in [5.74, 6) is -2.26. The predicted molar refractivity (Wildman–Crippen MR) is 67.3 cm³/mol. The maximum absolute atomic E-state index is 10.1. The molecular formula is C14H10BiO4. The molecule has 0 atom stereocenters. The van der Waals surface area contributed by atoms with Crippen LogP contribution in [0.3, 0.4) is 0 Å². The summed E-state index contributed by atoms with van der Waals surface area (Å²) < 4.78 is 0. The van der Waals surface area contributed by atoms with Crippen LogP contribution in [-0.4, -0.2) is 38.1 Å². The second-order valence-electron chi connectivity index (χ2n) is 3.31. The van der Waals surface area contributed by atoms with Gasteiger partial charge in [-0.3, -0.25) is 0 Å². The van der Waals surface area contributed by atoms with Gasteiger partial charge in [0.2, 0.25) is 0 Å². The number of aromatic carboxylic acids is 2. The van der Waals surface area contributed by atoms with Crippen molar-refractivity contribution < 1.29 is 19.8 Å². The first kappa shape index (κ1) is 17.3. The molecule has 2 rings (SSSR count). The summed E-state index contributed by atoms with van der Waals surface area (Å²) in [6.07, 6.45) is 0. The normalized spacial score (nSPS) is 8.42. The first-order valence-corrected chi connectivity index (χ1v) is 5.14. The van der Waals surface area contributed by atoms with Crippen molar-refractivity contribution in [2.45, 2.75) is 0 Å². The largest absolute Gasteiger partial charge is 2.00 e. The molecule has 0 amide bonds. The van der Waals surface area contributed by atoms with Crippen LogP contribution in [0.15, 0.2) is 60.7 Å². The summed E-state index contributed by atoms with van der Waals surface area (Å²) in [6.45, 7) is 0. The molecule has 0 unspecified atom stereocenters. The molecule has 2 aromatic rings. The van der Waals surface area contributed by atoms with Gasteiger partial charge in [0.1, 0.15) is 0 Å². The van der Waals surface area contributed by atoms with Crippen molar-refractivity contribution in [1.82, 2.24) is 0 Å². The van der Waals surface area contributed by atoms with Crippen LogP contribution in [0, 0.1) is 0 Å². The van der Waals surface area contributed by atoms with Gasteiger partial charge in [0.05, 0.1) is 11.9 Å². The fourth-order valence-electron chi connectivity index (χ4n) is 1.15. The molecule has 0 saturated carbocycles. The molecule has 0 aliphatic heterocycles. The van der Waals surface area contributed by atoms with Gasteiger partial charge in [-0.15, -0.1) is 0 Å². The van der Waals surface area contributed by atoms with E-state index in [9.17, 15) is 19.8 Å². The Morgan fingerprint density at radius 2 is 0.895 bits per heavy atom. The summed E-state index contributed by atoms with van der Waals surface area (Å²) in [4.78, 5) is 20.2. The van der Waals surface area contributed by atoms with E-state index < -0.39 is 11.9 Å². The number of benzene rings is 2. The zero-order valence-electron chi connectivity index (χ0n) is 9.85. The number of rotatable bonds is 2. The zero-order valence-corrected chi connectivity index (χ0v) is 13.3. The molecule has 0 N–H and O–H groups in total. The maximum Gasteiger partial charge on any atom is 2.00 e. The minimum atomic E-state index is -1.13. The van der Waals surface area contributed by atoms with Gasteiger partial charge in [-0.2, -0.15) is 0 Å². The Kier molecular flexibility index (Phi) is 8.38. The fourth-order valence-corrected chi connectivity index (χ4v) is 1.15. The first-order valence-electron chi connectivity index (χ1n) is 5.14. The van der Waals surface area contributed by atoms with Crippen LogP contribution in [-0.2, 0) is 0 Å². The Bertz CT molecular complexity index is 462. The van der Waals surface area contributed by atoms with Crippen LogP contribution in [0.2, 0.25) is 0 Å². The summed E-state index contributed by atoms with van der Waals surface area (Å²) in [7, 11) is 0. The van der Waals surface area contributed by atoms with E-state index in [-0.39, 0.29) is 37.3 Å². The molecule has 5 heteroatoms. The van der Waals surface area contributed by atoms with Gasteiger partial charge in [-0.1, -0.05) is 60.7 Å². The van der Waals surface area contributed by atoms with E-state index >= 15 is 0 Å². The third-order valence-electron chi connectivity index (χ3n) is 2.02. The van der Waals surface area contributed by atoms with Crippen LogP contribution < -0.4 is 10.2 Å². The minimum Gasteiger partial charge on any atom is -0.545 e. The Balaban J connectivity index is 0.000000324. The van der Waals surface area contributed by atoms with Crippen molar-refractivity contribution in [3.8, 4) is 0 Å². The minimum absolute atomic E-state index is 0. The van der Waals surface area contributed by atoms with Crippen molar-refractivity contribution in [1.29, 1.82) is 0 Å². The third kappa shape index (κ3) is 6.68. The molecule has 95 valence electrons. The van der Waals surface area contributed by atoms with Crippen LogP contribution in [0.4, 0.5) is 0 Å². The number of hydrogen-bond donors (Lipinski definition) is 0. The Morgan fingerprint density at radius 1 is 0.632 bits per heavy atom. The molecule has 0 fully saturated rings. The van der Waals surface area contributed by atoms with Gasteiger partial charge in [-0.25, -0.2) is 0 Å². The van der Waals surface area contributed by atoms with E-state index in [1.165, 1.54) is 24.3 Å². The summed E-state index contributed by atoms with van der Waals surface area (Å²) in [5, 5.41) is 20.2. The molecule has 3 radical (unpaired) electrons. The van der Waals surface area contributed by atoms with Gasteiger partial charge < -0.3 is 19.8 Å². The summed E-state index contributed by atoms with van der Waals surface area (Å²) in [6, 6.07) is 16.1. The molecule has 0 spiro atoms. The number of carboxylic acid groups (broad SMARTS) is 2. The van der Waals surface area contributed by atoms with Gasteiger partial charge in [-0.05, 0) is 11.1 Å². The van der Waals surface area contributed by atoms with Gasteiger partial charge in [0.15, 0.2) is 0 Å². The molecule has 0 aliphatic carbocycles. The van der Waals surface area contributed by atoms with Crippen LogP contribution >= 0.6 is 0 Å². The molecule has 0 bridgehead atoms. The van der Waals surface area contributed by atoms with Crippen molar-refractivity contribution in [2.24, 2.45) is 0 Å². The Labute approximate surface area is 129 Å². The maximum atomic E-state index is 10.1. The quantitative estimate of drug-likeness (QED) is 0.589. The molecule has 2 aromatic carbocycles. The number of carbonyl (C=O) groups is 2. The monoisotopic (exact) mass is 451 g/mol. The predicted octanol–water partition coefficient (Wildman–Crippen LogP) is -0.281. The van der Waals surface area contributed by atoms with Gasteiger partial charge >= 0.3 is 26.2 Å². The molecular weight excluding hydrogens is 441 g/mol. The third-order valence-corrected chi connectivity index (χ3v) is 2.02.